The summed E-state index contributed by atoms with van der Waals surface area (Å²) in [5.41, 5.74) is 1.33. The number of aromatic nitrogens is 1. The second-order valence-corrected chi connectivity index (χ2v) is 8.70. The second-order valence-electron chi connectivity index (χ2n) is 6.35. The van der Waals surface area contributed by atoms with Gasteiger partial charge in [-0.25, -0.2) is 8.42 Å². The van der Waals surface area contributed by atoms with Gasteiger partial charge in [0.1, 0.15) is 0 Å². The van der Waals surface area contributed by atoms with Gasteiger partial charge in [0.15, 0.2) is 0 Å². The lowest BCUT2D eigenvalue weighted by molar-refractivity contribution is -0.139. The molecule has 0 unspecified atom stereocenters. The van der Waals surface area contributed by atoms with E-state index >= 15 is 0 Å². The van der Waals surface area contributed by atoms with E-state index in [4.69, 9.17) is 11.6 Å². The van der Waals surface area contributed by atoms with E-state index in [0.29, 0.717) is 12.5 Å². The van der Waals surface area contributed by atoms with Crippen molar-refractivity contribution in [2.24, 2.45) is 0 Å². The number of nitrogens with zero attached hydrogens (tertiary/aromatic N) is 1. The summed E-state index contributed by atoms with van der Waals surface area (Å²) in [4.78, 5) is 2.48. The van der Waals surface area contributed by atoms with E-state index in [1.165, 1.54) is 0 Å². The van der Waals surface area contributed by atoms with Gasteiger partial charge in [-0.1, -0.05) is 29.8 Å². The second kappa shape index (κ2) is 6.25. The molecule has 4 rings (SSSR count). The number of sulfonamides is 1. The van der Waals surface area contributed by atoms with Crippen molar-refractivity contribution in [3.8, 4) is 0 Å². The van der Waals surface area contributed by atoms with Crippen molar-refractivity contribution in [3.05, 3.63) is 64.3 Å². The Morgan fingerprint density at radius 2 is 1.85 bits per heavy atom. The van der Waals surface area contributed by atoms with Gasteiger partial charge in [-0.2, -0.15) is 17.5 Å². The van der Waals surface area contributed by atoms with Crippen LogP contribution in [0.4, 0.5) is 13.2 Å². The summed E-state index contributed by atoms with van der Waals surface area (Å²) < 4.78 is 67.2. The van der Waals surface area contributed by atoms with E-state index in [1.54, 1.807) is 0 Å². The van der Waals surface area contributed by atoms with E-state index in [1.807, 2.05) is 24.3 Å². The molecule has 0 spiro atoms. The molecule has 3 aromatic rings. The number of aromatic amines is 1. The first-order valence-electron chi connectivity index (χ1n) is 8.13. The fourth-order valence-electron chi connectivity index (χ4n) is 3.43. The lowest BCUT2D eigenvalue weighted by atomic mass is 10.1. The van der Waals surface area contributed by atoms with Crippen molar-refractivity contribution < 1.29 is 21.6 Å². The van der Waals surface area contributed by atoms with Crippen LogP contribution in [0.2, 0.25) is 5.02 Å². The highest BCUT2D eigenvalue weighted by Crippen LogP contribution is 2.38. The summed E-state index contributed by atoms with van der Waals surface area (Å²) in [7, 11) is -4.34. The van der Waals surface area contributed by atoms with E-state index in [-0.39, 0.29) is 18.1 Å². The Morgan fingerprint density at radius 1 is 1.11 bits per heavy atom. The standard InChI is InChI=1S/C18H14ClF3N2O2S/c19-11-5-6-17(14(9-11)18(20,21)22)27(25,26)24-8-7-16-13(10-24)12-3-1-2-4-15(12)23-16/h1-6,9,23H,7-8,10H2. The maximum Gasteiger partial charge on any atom is 0.417 e. The van der Waals surface area contributed by atoms with Crippen molar-refractivity contribution in [3.63, 3.8) is 0 Å². The SMILES string of the molecule is O=S(=O)(c1ccc(Cl)cc1C(F)(F)F)N1CCc2[nH]c3ccccc3c2C1. The molecule has 0 radical (unpaired) electrons. The summed E-state index contributed by atoms with van der Waals surface area (Å²) in [6.07, 6.45) is -4.42. The molecule has 0 bridgehead atoms. The Morgan fingerprint density at radius 3 is 2.59 bits per heavy atom. The quantitative estimate of drug-likeness (QED) is 0.667. The van der Waals surface area contributed by atoms with Crippen LogP contribution < -0.4 is 0 Å². The zero-order valence-electron chi connectivity index (χ0n) is 13.8. The first-order valence-corrected chi connectivity index (χ1v) is 9.95. The Labute approximate surface area is 158 Å². The van der Waals surface area contributed by atoms with Gasteiger partial charge in [-0.15, -0.1) is 0 Å². The zero-order valence-corrected chi connectivity index (χ0v) is 15.4. The molecule has 0 saturated heterocycles. The largest absolute Gasteiger partial charge is 0.417 e. The van der Waals surface area contributed by atoms with E-state index in [0.717, 1.165) is 38.6 Å². The van der Waals surface area contributed by atoms with Crippen LogP contribution in [0.5, 0.6) is 0 Å². The number of hydrogen-bond acceptors (Lipinski definition) is 2. The van der Waals surface area contributed by atoms with E-state index < -0.39 is 26.7 Å². The van der Waals surface area contributed by atoms with Gasteiger partial charge in [0.2, 0.25) is 10.0 Å². The van der Waals surface area contributed by atoms with Gasteiger partial charge in [0, 0.05) is 41.1 Å². The van der Waals surface area contributed by atoms with Gasteiger partial charge in [0.25, 0.3) is 0 Å². The molecule has 142 valence electrons. The predicted octanol–water partition coefficient (Wildman–Crippen LogP) is 4.59. The number of nitrogens with one attached hydrogen (secondary N) is 1. The maximum absolute atomic E-state index is 13.4. The predicted molar refractivity (Wildman–Crippen MR) is 96.1 cm³/mol. The minimum atomic E-state index is -4.82. The van der Waals surface area contributed by atoms with E-state index in [9.17, 15) is 21.6 Å². The Hall–Kier alpha value is -2.03. The van der Waals surface area contributed by atoms with Crippen LogP contribution in [0.25, 0.3) is 10.9 Å². The van der Waals surface area contributed by atoms with Crippen molar-refractivity contribution in [1.29, 1.82) is 0 Å². The Bertz CT molecular complexity index is 1140. The van der Waals surface area contributed by atoms with Gasteiger partial charge in [-0.05, 0) is 29.8 Å². The van der Waals surface area contributed by atoms with Crippen LogP contribution in [0, 0.1) is 0 Å². The lowest BCUT2D eigenvalue weighted by Gasteiger charge is -2.27. The highest BCUT2D eigenvalue weighted by Gasteiger charge is 2.40. The molecule has 1 aromatic heterocycles. The average Bonchev–Trinajstić information content (AvgIpc) is 2.98. The minimum absolute atomic E-state index is 0.0155. The van der Waals surface area contributed by atoms with Crippen LogP contribution in [0.1, 0.15) is 16.8 Å². The molecular formula is C18H14ClF3N2O2S. The normalized spacial score (nSPS) is 15.9. The Balaban J connectivity index is 1.78. The van der Waals surface area contributed by atoms with Gasteiger partial charge in [-0.3, -0.25) is 0 Å². The zero-order chi connectivity index (χ0) is 19.4. The molecule has 1 aliphatic rings. The molecule has 2 aromatic carbocycles. The number of alkyl halides is 3. The number of benzene rings is 2. The Kier molecular flexibility index (Phi) is 4.25. The topological polar surface area (TPSA) is 53.2 Å². The molecule has 27 heavy (non-hydrogen) atoms. The number of para-hydroxylation sites is 1. The van der Waals surface area contributed by atoms with Gasteiger partial charge < -0.3 is 4.98 Å². The summed E-state index contributed by atoms with van der Waals surface area (Å²) in [6, 6.07) is 10.2. The fourth-order valence-corrected chi connectivity index (χ4v) is 5.21. The molecule has 2 heterocycles. The molecule has 1 aliphatic heterocycles. The van der Waals surface area contributed by atoms with Gasteiger partial charge >= 0.3 is 6.18 Å². The summed E-state index contributed by atoms with van der Waals surface area (Å²) >= 11 is 5.66. The average molecular weight is 415 g/mol. The van der Waals surface area contributed by atoms with Crippen molar-refractivity contribution in [2.75, 3.05) is 6.54 Å². The smallest absolute Gasteiger partial charge is 0.358 e. The molecule has 0 fully saturated rings. The van der Waals surface area contributed by atoms with Crippen LogP contribution in [-0.2, 0) is 29.2 Å². The summed E-state index contributed by atoms with van der Waals surface area (Å²) in [6.45, 7) is 0.115. The van der Waals surface area contributed by atoms with Crippen molar-refractivity contribution >= 4 is 32.5 Å². The number of fused-ring (bicyclic) bond motifs is 3. The number of hydrogen-bond donors (Lipinski definition) is 1. The lowest BCUT2D eigenvalue weighted by Crippen LogP contribution is -2.36. The first kappa shape index (κ1) is 18.3. The summed E-state index contributed by atoms with van der Waals surface area (Å²) in [5.74, 6) is 0. The summed E-state index contributed by atoms with van der Waals surface area (Å²) in [5, 5.41) is 0.707. The molecule has 0 atom stereocenters. The third kappa shape index (κ3) is 3.11. The van der Waals surface area contributed by atoms with Crippen LogP contribution in [-0.4, -0.2) is 24.3 Å². The molecule has 0 saturated carbocycles. The monoisotopic (exact) mass is 414 g/mol. The van der Waals surface area contributed by atoms with Crippen LogP contribution in [0.3, 0.4) is 0 Å². The van der Waals surface area contributed by atoms with Crippen molar-refractivity contribution in [2.45, 2.75) is 24.0 Å². The van der Waals surface area contributed by atoms with Crippen LogP contribution >= 0.6 is 11.6 Å². The van der Waals surface area contributed by atoms with Crippen molar-refractivity contribution in [1.82, 2.24) is 9.29 Å². The number of H-pyrrole nitrogens is 1. The molecular weight excluding hydrogens is 401 g/mol. The van der Waals surface area contributed by atoms with Crippen LogP contribution in [0.15, 0.2) is 47.4 Å². The molecule has 0 aliphatic carbocycles. The number of halogens is 4. The number of rotatable bonds is 2. The first-order chi connectivity index (χ1) is 12.7. The fraction of sp³-hybridized carbons (Fsp3) is 0.222. The molecule has 1 N–H and O–H groups in total. The minimum Gasteiger partial charge on any atom is -0.358 e. The molecule has 9 heteroatoms. The maximum atomic E-state index is 13.4. The highest BCUT2D eigenvalue weighted by molar-refractivity contribution is 7.89. The highest BCUT2D eigenvalue weighted by atomic mass is 35.5. The van der Waals surface area contributed by atoms with E-state index in [2.05, 4.69) is 4.98 Å². The van der Waals surface area contributed by atoms with Gasteiger partial charge in [0.05, 0.1) is 10.5 Å². The molecule has 0 amide bonds. The third-order valence-electron chi connectivity index (χ3n) is 4.71. The molecule has 4 nitrogen and oxygen atoms in total. The third-order valence-corrected chi connectivity index (χ3v) is 6.85.